The number of hydrogen-bond acceptors (Lipinski definition) is 8. The van der Waals surface area contributed by atoms with E-state index < -0.39 is 24.7 Å². The predicted molar refractivity (Wildman–Crippen MR) is 114 cm³/mol. The molecule has 0 saturated carbocycles. The number of hydrogen-bond donors (Lipinski definition) is 0. The number of halogens is 3. The highest BCUT2D eigenvalue weighted by Crippen LogP contribution is 2.42. The van der Waals surface area contributed by atoms with Crippen molar-refractivity contribution in [1.29, 1.82) is 0 Å². The Balaban J connectivity index is 1.44. The quantitative estimate of drug-likeness (QED) is 0.513. The van der Waals surface area contributed by atoms with Crippen molar-refractivity contribution >= 4 is 5.91 Å². The molecule has 2 fully saturated rings. The van der Waals surface area contributed by atoms with Gasteiger partial charge in [0.05, 0.1) is 33.1 Å². The predicted octanol–water partition coefficient (Wildman–Crippen LogP) is 3.13. The van der Waals surface area contributed by atoms with E-state index in [9.17, 15) is 18.0 Å². The highest BCUT2D eigenvalue weighted by atomic mass is 19.4. The van der Waals surface area contributed by atoms with Gasteiger partial charge in [0.25, 0.3) is 5.91 Å². The summed E-state index contributed by atoms with van der Waals surface area (Å²) in [5.41, 5.74) is 0.245. The molecule has 0 bridgehead atoms. The van der Waals surface area contributed by atoms with Gasteiger partial charge >= 0.3 is 6.36 Å². The van der Waals surface area contributed by atoms with E-state index in [0.29, 0.717) is 30.0 Å². The lowest BCUT2D eigenvalue weighted by Gasteiger charge is -2.41. The maximum absolute atomic E-state index is 13.2. The Morgan fingerprint density at radius 3 is 2.74 bits per heavy atom. The van der Waals surface area contributed by atoms with E-state index in [1.54, 1.807) is 24.3 Å². The van der Waals surface area contributed by atoms with Crippen molar-refractivity contribution in [3.05, 3.63) is 47.8 Å². The number of alkyl halides is 3. The third-order valence-electron chi connectivity index (χ3n) is 5.95. The smallest absolute Gasteiger partial charge is 0.497 e. The van der Waals surface area contributed by atoms with Crippen molar-refractivity contribution < 1.29 is 46.4 Å². The van der Waals surface area contributed by atoms with Crippen LogP contribution in [0, 0.1) is 0 Å². The molecule has 0 N–H and O–H groups in total. The fraction of sp³-hybridized carbons (Fsp3) is 0.478. The average Bonchev–Trinajstić information content (AvgIpc) is 3.30. The van der Waals surface area contributed by atoms with Gasteiger partial charge in [-0.25, -0.2) is 0 Å². The zero-order valence-corrected chi connectivity index (χ0v) is 19.2. The van der Waals surface area contributed by atoms with Crippen molar-refractivity contribution in [2.24, 2.45) is 0 Å². The molecule has 190 valence electrons. The maximum Gasteiger partial charge on any atom is 0.522 e. The topological polar surface area (TPSA) is 88.6 Å². The zero-order chi connectivity index (χ0) is 25.1. The van der Waals surface area contributed by atoms with E-state index in [0.717, 1.165) is 0 Å². The Labute approximate surface area is 199 Å². The normalized spacial score (nSPS) is 22.0. The van der Waals surface area contributed by atoms with Crippen LogP contribution in [-0.4, -0.2) is 75.6 Å². The standard InChI is InChI=1S/C23H25F3N2O7/c1-30-16-5-7-27-19(12-16)22-6-8-28(13-20(22)33-14-35-22)21(29)15-3-4-17(18(11-15)31-2)32-9-10-34-23(24,25)26/h3-5,7,11-12,20H,6,8-10,13-14H2,1-2H3. The van der Waals surface area contributed by atoms with E-state index in [4.69, 9.17) is 23.7 Å². The maximum atomic E-state index is 13.2. The molecule has 2 aliphatic rings. The molecule has 9 nitrogen and oxygen atoms in total. The number of nitrogens with zero attached hydrogens (tertiary/aromatic N) is 2. The Kier molecular flexibility index (Phi) is 7.33. The molecule has 12 heteroatoms. The summed E-state index contributed by atoms with van der Waals surface area (Å²) in [5.74, 6) is 0.814. The molecule has 2 atom stereocenters. The number of carbonyl (C=O) groups excluding carboxylic acids is 1. The van der Waals surface area contributed by atoms with Crippen LogP contribution in [0.4, 0.5) is 13.2 Å². The highest BCUT2D eigenvalue weighted by Gasteiger charge is 2.52. The van der Waals surface area contributed by atoms with Crippen LogP contribution in [-0.2, 0) is 19.8 Å². The molecule has 2 saturated heterocycles. The lowest BCUT2D eigenvalue weighted by molar-refractivity contribution is -0.325. The van der Waals surface area contributed by atoms with E-state index in [-0.39, 0.29) is 37.4 Å². The molecule has 0 aliphatic carbocycles. The van der Waals surface area contributed by atoms with Crippen molar-refractivity contribution in [3.63, 3.8) is 0 Å². The molecule has 1 aromatic heterocycles. The molecule has 1 aromatic carbocycles. The molecule has 1 amide bonds. The second-order valence-corrected chi connectivity index (χ2v) is 7.90. The summed E-state index contributed by atoms with van der Waals surface area (Å²) in [4.78, 5) is 19.3. The minimum Gasteiger partial charge on any atom is -0.497 e. The van der Waals surface area contributed by atoms with E-state index in [1.165, 1.54) is 25.3 Å². The minimum absolute atomic E-state index is 0.0868. The number of rotatable bonds is 8. The van der Waals surface area contributed by atoms with Gasteiger partial charge in [-0.1, -0.05) is 0 Å². The van der Waals surface area contributed by atoms with Gasteiger partial charge < -0.3 is 28.6 Å². The third-order valence-corrected chi connectivity index (χ3v) is 5.95. The summed E-state index contributed by atoms with van der Waals surface area (Å²) in [6.45, 7) is -0.243. The molecule has 0 radical (unpaired) electrons. The summed E-state index contributed by atoms with van der Waals surface area (Å²) in [6.07, 6.45) is -3.03. The van der Waals surface area contributed by atoms with Crippen LogP contribution in [0.5, 0.6) is 17.2 Å². The number of likely N-dealkylation sites (tertiary alicyclic amines) is 1. The Bertz CT molecular complexity index is 1050. The van der Waals surface area contributed by atoms with E-state index in [2.05, 4.69) is 9.72 Å². The first kappa shape index (κ1) is 25.0. The highest BCUT2D eigenvalue weighted by molar-refractivity contribution is 5.95. The Morgan fingerprint density at radius 1 is 1.17 bits per heavy atom. The number of benzene rings is 1. The molecule has 2 aromatic rings. The fourth-order valence-electron chi connectivity index (χ4n) is 4.21. The molecular formula is C23H25F3N2O7. The van der Waals surface area contributed by atoms with E-state index in [1.807, 2.05) is 6.07 Å². The van der Waals surface area contributed by atoms with Crippen LogP contribution in [0.3, 0.4) is 0 Å². The van der Waals surface area contributed by atoms with Gasteiger partial charge in [0.15, 0.2) is 11.5 Å². The third kappa shape index (κ3) is 5.44. The number of piperidine rings is 1. The van der Waals surface area contributed by atoms with Gasteiger partial charge in [0.1, 0.15) is 30.9 Å². The van der Waals surface area contributed by atoms with Crippen molar-refractivity contribution in [2.75, 3.05) is 47.3 Å². The number of ether oxygens (including phenoxy) is 6. The Hall–Kier alpha value is -3.09. The summed E-state index contributed by atoms with van der Waals surface area (Å²) in [7, 11) is 2.95. The summed E-state index contributed by atoms with van der Waals surface area (Å²) < 4.78 is 67.7. The number of pyridine rings is 1. The summed E-state index contributed by atoms with van der Waals surface area (Å²) >= 11 is 0. The summed E-state index contributed by atoms with van der Waals surface area (Å²) in [6, 6.07) is 8.04. The van der Waals surface area contributed by atoms with Gasteiger partial charge in [-0.05, 0) is 24.3 Å². The molecule has 4 rings (SSSR count). The first-order valence-corrected chi connectivity index (χ1v) is 10.8. The zero-order valence-electron chi connectivity index (χ0n) is 19.2. The fourth-order valence-corrected chi connectivity index (χ4v) is 4.21. The largest absolute Gasteiger partial charge is 0.522 e. The average molecular weight is 498 g/mol. The number of carbonyl (C=O) groups is 1. The molecule has 3 heterocycles. The first-order valence-electron chi connectivity index (χ1n) is 10.8. The van der Waals surface area contributed by atoms with Gasteiger partial charge in [-0.15, -0.1) is 13.2 Å². The molecule has 2 unspecified atom stereocenters. The van der Waals surface area contributed by atoms with Crippen LogP contribution in [0.15, 0.2) is 36.5 Å². The van der Waals surface area contributed by atoms with Gasteiger partial charge in [0, 0.05) is 30.8 Å². The summed E-state index contributed by atoms with van der Waals surface area (Å²) in [5, 5.41) is 0. The van der Waals surface area contributed by atoms with Crippen molar-refractivity contribution in [3.8, 4) is 17.2 Å². The second kappa shape index (κ2) is 10.3. The molecule has 2 aliphatic heterocycles. The van der Waals surface area contributed by atoms with Crippen LogP contribution in [0.2, 0.25) is 0 Å². The number of methoxy groups -OCH3 is 2. The van der Waals surface area contributed by atoms with Crippen LogP contribution in [0.25, 0.3) is 0 Å². The number of amides is 1. The van der Waals surface area contributed by atoms with Gasteiger partial charge in [0.2, 0.25) is 0 Å². The van der Waals surface area contributed by atoms with Crippen LogP contribution < -0.4 is 14.2 Å². The minimum atomic E-state index is -4.73. The first-order chi connectivity index (χ1) is 16.8. The van der Waals surface area contributed by atoms with Crippen molar-refractivity contribution in [1.82, 2.24) is 9.88 Å². The number of fused-ring (bicyclic) bond motifs is 1. The van der Waals surface area contributed by atoms with Crippen LogP contribution >= 0.6 is 0 Å². The molecular weight excluding hydrogens is 473 g/mol. The van der Waals surface area contributed by atoms with Gasteiger partial charge in [-0.2, -0.15) is 0 Å². The SMILES string of the molecule is COc1ccnc(C23CCN(C(=O)c4ccc(OCCOC(F)(F)F)c(OC)c4)CC2OCO3)c1. The van der Waals surface area contributed by atoms with Gasteiger partial charge in [-0.3, -0.25) is 14.5 Å². The Morgan fingerprint density at radius 2 is 2.00 bits per heavy atom. The molecule has 35 heavy (non-hydrogen) atoms. The molecule has 0 spiro atoms. The van der Waals surface area contributed by atoms with Crippen LogP contribution in [0.1, 0.15) is 22.5 Å². The van der Waals surface area contributed by atoms with Crippen molar-refractivity contribution in [2.45, 2.75) is 24.5 Å². The lowest BCUT2D eigenvalue weighted by atomic mass is 9.84. The van der Waals surface area contributed by atoms with E-state index >= 15 is 0 Å². The lowest BCUT2D eigenvalue weighted by Crippen LogP contribution is -2.53. The monoisotopic (exact) mass is 498 g/mol. The second-order valence-electron chi connectivity index (χ2n) is 7.90. The number of aromatic nitrogens is 1.